The Labute approximate surface area is 122 Å². The van der Waals surface area contributed by atoms with Crippen molar-refractivity contribution in [2.45, 2.75) is 13.8 Å². The van der Waals surface area contributed by atoms with Gasteiger partial charge < -0.3 is 4.90 Å². The summed E-state index contributed by atoms with van der Waals surface area (Å²) in [4.78, 5) is 13.2. The van der Waals surface area contributed by atoms with Crippen molar-refractivity contribution in [1.29, 1.82) is 0 Å². The quantitative estimate of drug-likeness (QED) is 0.751. The van der Waals surface area contributed by atoms with Crippen LogP contribution in [0.15, 0.2) is 42.5 Å². The summed E-state index contributed by atoms with van der Waals surface area (Å²) >= 11 is 6.25. The van der Waals surface area contributed by atoms with Gasteiger partial charge >= 0.3 is 0 Å². The Morgan fingerprint density at radius 2 is 2.00 bits per heavy atom. The van der Waals surface area contributed by atoms with Crippen LogP contribution < -0.4 is 4.90 Å². The molecule has 2 rings (SSSR count). The Kier molecular flexibility index (Phi) is 4.40. The molecule has 0 heterocycles. The van der Waals surface area contributed by atoms with Gasteiger partial charge in [0.2, 0.25) is 0 Å². The number of carbonyl (C=O) groups excluding carboxylic acids is 1. The van der Waals surface area contributed by atoms with Crippen molar-refractivity contribution in [3.63, 3.8) is 0 Å². The van der Waals surface area contributed by atoms with Crippen LogP contribution in [0.25, 0.3) is 0 Å². The van der Waals surface area contributed by atoms with E-state index < -0.39 is 0 Å². The average Bonchev–Trinajstić information content (AvgIpc) is 2.41. The van der Waals surface area contributed by atoms with Crippen molar-refractivity contribution in [1.82, 2.24) is 0 Å². The topological polar surface area (TPSA) is 20.3 Å². The molecular formula is C16H15ClFNO. The number of halogens is 2. The fraction of sp³-hybridized carbons (Fsp3) is 0.188. The van der Waals surface area contributed by atoms with Gasteiger partial charge in [0.25, 0.3) is 0 Å². The van der Waals surface area contributed by atoms with Crippen LogP contribution in [0.2, 0.25) is 5.02 Å². The third-order valence-corrected chi connectivity index (χ3v) is 3.38. The summed E-state index contributed by atoms with van der Waals surface area (Å²) in [6.07, 6.45) is 0. The van der Waals surface area contributed by atoms with E-state index >= 15 is 0 Å². The first kappa shape index (κ1) is 14.5. The van der Waals surface area contributed by atoms with Gasteiger partial charge in [-0.2, -0.15) is 0 Å². The molecule has 0 saturated heterocycles. The van der Waals surface area contributed by atoms with Gasteiger partial charge in [0.05, 0.1) is 10.7 Å². The molecule has 0 aliphatic carbocycles. The summed E-state index contributed by atoms with van der Waals surface area (Å²) in [5.74, 6) is -0.329. The van der Waals surface area contributed by atoms with Gasteiger partial charge in [-0.1, -0.05) is 17.7 Å². The Bertz CT molecular complexity index is 642. The molecule has 0 atom stereocenters. The molecule has 0 spiro atoms. The standard InChI is InChI=1S/C16H15ClFNO/c1-3-19(14-6-4-5-13(18)10-14)16-8-7-12(11(2)20)9-15(16)17/h4-10H,3H2,1-2H3. The van der Waals surface area contributed by atoms with Gasteiger partial charge in [0, 0.05) is 17.8 Å². The summed E-state index contributed by atoms with van der Waals surface area (Å²) in [5.41, 5.74) is 2.05. The summed E-state index contributed by atoms with van der Waals surface area (Å²) in [6.45, 7) is 4.10. The van der Waals surface area contributed by atoms with Crippen molar-refractivity contribution >= 4 is 28.8 Å². The second kappa shape index (κ2) is 6.06. The van der Waals surface area contributed by atoms with Crippen LogP contribution in [0.4, 0.5) is 15.8 Å². The highest BCUT2D eigenvalue weighted by Gasteiger charge is 2.13. The fourth-order valence-corrected chi connectivity index (χ4v) is 2.36. The van der Waals surface area contributed by atoms with E-state index in [1.807, 2.05) is 17.9 Å². The number of carbonyl (C=O) groups is 1. The molecular weight excluding hydrogens is 277 g/mol. The van der Waals surface area contributed by atoms with Crippen LogP contribution in [0.1, 0.15) is 24.2 Å². The van der Waals surface area contributed by atoms with Crippen LogP contribution in [0.5, 0.6) is 0 Å². The zero-order chi connectivity index (χ0) is 14.7. The number of rotatable bonds is 4. The molecule has 4 heteroatoms. The monoisotopic (exact) mass is 291 g/mol. The molecule has 0 N–H and O–H groups in total. The molecule has 0 fully saturated rings. The molecule has 2 aromatic rings. The van der Waals surface area contributed by atoms with E-state index in [4.69, 9.17) is 11.6 Å². The first-order valence-electron chi connectivity index (χ1n) is 6.36. The van der Waals surface area contributed by atoms with Gasteiger partial charge in [0.15, 0.2) is 5.78 Å². The van der Waals surface area contributed by atoms with Crippen molar-refractivity contribution in [3.8, 4) is 0 Å². The maximum Gasteiger partial charge on any atom is 0.159 e. The first-order valence-corrected chi connectivity index (χ1v) is 6.74. The molecule has 0 radical (unpaired) electrons. The predicted octanol–water partition coefficient (Wildman–Crippen LogP) is 4.84. The molecule has 0 aromatic heterocycles. The van der Waals surface area contributed by atoms with Crippen molar-refractivity contribution < 1.29 is 9.18 Å². The molecule has 0 aliphatic heterocycles. The third kappa shape index (κ3) is 2.99. The van der Waals surface area contributed by atoms with Crippen molar-refractivity contribution in [2.75, 3.05) is 11.4 Å². The molecule has 0 saturated carbocycles. The van der Waals surface area contributed by atoms with Crippen LogP contribution in [0, 0.1) is 5.82 Å². The number of benzene rings is 2. The van der Waals surface area contributed by atoms with E-state index in [2.05, 4.69) is 0 Å². The largest absolute Gasteiger partial charge is 0.340 e. The Morgan fingerprint density at radius 1 is 1.25 bits per heavy atom. The van der Waals surface area contributed by atoms with Gasteiger partial charge in [-0.25, -0.2) is 4.39 Å². The van der Waals surface area contributed by atoms with E-state index in [0.717, 1.165) is 11.4 Å². The lowest BCUT2D eigenvalue weighted by atomic mass is 10.1. The van der Waals surface area contributed by atoms with Crippen molar-refractivity contribution in [2.24, 2.45) is 0 Å². The van der Waals surface area contributed by atoms with Gasteiger partial charge in [-0.15, -0.1) is 0 Å². The van der Waals surface area contributed by atoms with Crippen LogP contribution in [-0.2, 0) is 0 Å². The third-order valence-electron chi connectivity index (χ3n) is 3.08. The lowest BCUT2D eigenvalue weighted by Crippen LogP contribution is -2.16. The highest BCUT2D eigenvalue weighted by Crippen LogP contribution is 2.32. The highest BCUT2D eigenvalue weighted by molar-refractivity contribution is 6.33. The lowest BCUT2D eigenvalue weighted by Gasteiger charge is -2.24. The number of hydrogen-bond acceptors (Lipinski definition) is 2. The first-order chi connectivity index (χ1) is 9.52. The Morgan fingerprint density at radius 3 is 2.55 bits per heavy atom. The molecule has 2 nitrogen and oxygen atoms in total. The van der Waals surface area contributed by atoms with E-state index in [1.165, 1.54) is 19.1 Å². The Balaban J connectivity index is 2.44. The van der Waals surface area contributed by atoms with Gasteiger partial charge in [-0.3, -0.25) is 4.79 Å². The number of Topliss-reactive ketones (excluding diaryl/α,β-unsaturated/α-hetero) is 1. The number of anilines is 2. The minimum absolute atomic E-state index is 0.0349. The number of ketones is 1. The lowest BCUT2D eigenvalue weighted by molar-refractivity contribution is 0.101. The number of nitrogens with zero attached hydrogens (tertiary/aromatic N) is 1. The van der Waals surface area contributed by atoms with Crippen molar-refractivity contribution in [3.05, 3.63) is 58.9 Å². The maximum atomic E-state index is 13.3. The van der Waals surface area contributed by atoms with Gasteiger partial charge in [0.1, 0.15) is 5.82 Å². The molecule has 0 aliphatic rings. The minimum atomic E-state index is -0.294. The van der Waals surface area contributed by atoms with Crippen LogP contribution >= 0.6 is 11.6 Å². The average molecular weight is 292 g/mol. The Hall–Kier alpha value is -1.87. The van der Waals surface area contributed by atoms with E-state index in [1.54, 1.807) is 24.3 Å². The molecule has 0 unspecified atom stereocenters. The fourth-order valence-electron chi connectivity index (χ4n) is 2.08. The molecule has 0 bridgehead atoms. The van der Waals surface area contributed by atoms with E-state index in [0.29, 0.717) is 17.1 Å². The highest BCUT2D eigenvalue weighted by atomic mass is 35.5. The summed E-state index contributed by atoms with van der Waals surface area (Å²) in [6, 6.07) is 11.5. The van der Waals surface area contributed by atoms with E-state index in [-0.39, 0.29) is 11.6 Å². The SMILES string of the molecule is CCN(c1cccc(F)c1)c1ccc(C(C)=O)cc1Cl. The minimum Gasteiger partial charge on any atom is -0.340 e. The smallest absolute Gasteiger partial charge is 0.159 e. The summed E-state index contributed by atoms with van der Waals surface area (Å²) in [7, 11) is 0. The number of hydrogen-bond donors (Lipinski definition) is 0. The molecule has 0 amide bonds. The second-order valence-corrected chi connectivity index (χ2v) is 4.85. The van der Waals surface area contributed by atoms with Crippen LogP contribution in [0.3, 0.4) is 0 Å². The molecule has 2 aromatic carbocycles. The normalized spacial score (nSPS) is 10.4. The predicted molar refractivity (Wildman–Crippen MR) is 80.5 cm³/mol. The summed E-state index contributed by atoms with van der Waals surface area (Å²) < 4.78 is 13.3. The zero-order valence-electron chi connectivity index (χ0n) is 11.4. The molecule has 104 valence electrons. The second-order valence-electron chi connectivity index (χ2n) is 4.45. The van der Waals surface area contributed by atoms with Crippen LogP contribution in [-0.4, -0.2) is 12.3 Å². The zero-order valence-corrected chi connectivity index (χ0v) is 12.1. The van der Waals surface area contributed by atoms with Gasteiger partial charge in [-0.05, 0) is 50.2 Å². The molecule has 20 heavy (non-hydrogen) atoms. The maximum absolute atomic E-state index is 13.3. The van der Waals surface area contributed by atoms with E-state index in [9.17, 15) is 9.18 Å². The summed E-state index contributed by atoms with van der Waals surface area (Å²) in [5, 5.41) is 0.476.